The molecular weight excluding hydrogens is 298 g/mol. The number of rotatable bonds is 10. The van der Waals surface area contributed by atoms with Crippen LogP contribution < -0.4 is 10.1 Å². The van der Waals surface area contributed by atoms with Gasteiger partial charge in [0.1, 0.15) is 11.8 Å². The summed E-state index contributed by atoms with van der Waals surface area (Å²) in [4.78, 5) is 34.7. The largest absolute Gasteiger partial charge is 0.497 e. The van der Waals surface area contributed by atoms with E-state index in [2.05, 4.69) is 5.32 Å². The Kier molecular flexibility index (Phi) is 7.80. The van der Waals surface area contributed by atoms with E-state index in [9.17, 15) is 14.4 Å². The molecule has 0 radical (unpaired) electrons. The molecule has 0 heterocycles. The van der Waals surface area contributed by atoms with Crippen LogP contribution in [0.15, 0.2) is 24.3 Å². The summed E-state index contributed by atoms with van der Waals surface area (Å²) in [6.45, 7) is 1.86. The van der Waals surface area contributed by atoms with Gasteiger partial charge in [0.25, 0.3) is 0 Å². The molecule has 0 aliphatic heterocycles. The van der Waals surface area contributed by atoms with Crippen LogP contribution in [0.25, 0.3) is 0 Å². The summed E-state index contributed by atoms with van der Waals surface area (Å²) in [5, 5.41) is 11.5. The highest BCUT2D eigenvalue weighted by Crippen LogP contribution is 2.13. The van der Waals surface area contributed by atoms with Crippen LogP contribution in [0.2, 0.25) is 0 Å². The van der Waals surface area contributed by atoms with E-state index in [1.165, 1.54) is 0 Å². The van der Waals surface area contributed by atoms with E-state index in [1.807, 2.05) is 6.92 Å². The Morgan fingerprint density at radius 1 is 1.17 bits per heavy atom. The minimum absolute atomic E-state index is 0.0520. The van der Waals surface area contributed by atoms with Crippen molar-refractivity contribution >= 4 is 17.7 Å². The monoisotopic (exact) mass is 321 g/mol. The van der Waals surface area contributed by atoms with E-state index >= 15 is 0 Å². The molecule has 1 atom stereocenters. The standard InChI is InChI=1S/C17H23NO5/c1-3-5-14(17(21)22)18-16(20)7-4-6-15(19)12-8-10-13(23-2)11-9-12/h8-11,14H,3-7H2,1-2H3,(H,18,20)(H,21,22). The number of carbonyl (C=O) groups excluding carboxylic acids is 2. The molecule has 0 aliphatic rings. The predicted octanol–water partition coefficient (Wildman–Crippen LogP) is 2.42. The number of nitrogens with one attached hydrogen (secondary N) is 1. The zero-order valence-electron chi connectivity index (χ0n) is 13.5. The quantitative estimate of drug-likeness (QED) is 0.646. The van der Waals surface area contributed by atoms with Gasteiger partial charge < -0.3 is 15.2 Å². The Labute approximate surface area is 135 Å². The van der Waals surface area contributed by atoms with Gasteiger partial charge in [0, 0.05) is 18.4 Å². The molecule has 2 N–H and O–H groups in total. The summed E-state index contributed by atoms with van der Waals surface area (Å²) in [5.74, 6) is -0.747. The SMILES string of the molecule is CCCC(NC(=O)CCCC(=O)c1ccc(OC)cc1)C(=O)O. The number of methoxy groups -OCH3 is 1. The normalized spacial score (nSPS) is 11.6. The van der Waals surface area contributed by atoms with Crippen LogP contribution in [0.1, 0.15) is 49.4 Å². The highest BCUT2D eigenvalue weighted by atomic mass is 16.5. The molecule has 1 amide bonds. The lowest BCUT2D eigenvalue weighted by Gasteiger charge is -2.13. The van der Waals surface area contributed by atoms with Crippen molar-refractivity contribution in [3.05, 3.63) is 29.8 Å². The second-order valence-electron chi connectivity index (χ2n) is 5.25. The van der Waals surface area contributed by atoms with Gasteiger partial charge in [-0.15, -0.1) is 0 Å². The van der Waals surface area contributed by atoms with Crippen molar-refractivity contribution in [1.29, 1.82) is 0 Å². The van der Waals surface area contributed by atoms with Crippen molar-refractivity contribution in [3.63, 3.8) is 0 Å². The molecule has 1 aromatic rings. The Morgan fingerprint density at radius 3 is 2.35 bits per heavy atom. The molecule has 6 heteroatoms. The van der Waals surface area contributed by atoms with Gasteiger partial charge in [0.05, 0.1) is 7.11 Å². The highest BCUT2D eigenvalue weighted by molar-refractivity contribution is 5.96. The van der Waals surface area contributed by atoms with E-state index in [0.29, 0.717) is 30.6 Å². The lowest BCUT2D eigenvalue weighted by atomic mass is 10.0. The third-order valence-electron chi connectivity index (χ3n) is 3.43. The van der Waals surface area contributed by atoms with Crippen molar-refractivity contribution in [2.45, 2.75) is 45.1 Å². The zero-order chi connectivity index (χ0) is 17.2. The molecule has 1 unspecified atom stereocenters. The number of ether oxygens (including phenoxy) is 1. The first-order valence-corrected chi connectivity index (χ1v) is 7.67. The average molecular weight is 321 g/mol. The van der Waals surface area contributed by atoms with E-state index in [0.717, 1.165) is 0 Å². The van der Waals surface area contributed by atoms with Gasteiger partial charge in [0.15, 0.2) is 5.78 Å². The van der Waals surface area contributed by atoms with E-state index in [4.69, 9.17) is 9.84 Å². The maximum Gasteiger partial charge on any atom is 0.326 e. The van der Waals surface area contributed by atoms with Crippen molar-refractivity contribution in [2.75, 3.05) is 7.11 Å². The van der Waals surface area contributed by atoms with Gasteiger partial charge in [0.2, 0.25) is 5.91 Å². The van der Waals surface area contributed by atoms with Crippen LogP contribution in [0.3, 0.4) is 0 Å². The molecule has 0 spiro atoms. The molecule has 0 bridgehead atoms. The smallest absolute Gasteiger partial charge is 0.326 e. The molecule has 0 aliphatic carbocycles. The molecule has 6 nitrogen and oxygen atoms in total. The van der Waals surface area contributed by atoms with Gasteiger partial charge in [-0.1, -0.05) is 13.3 Å². The summed E-state index contributed by atoms with van der Waals surface area (Å²) >= 11 is 0. The number of carbonyl (C=O) groups is 3. The average Bonchev–Trinajstić information content (AvgIpc) is 2.54. The first-order chi connectivity index (χ1) is 11.0. The molecule has 0 saturated heterocycles. The first kappa shape index (κ1) is 18.7. The van der Waals surface area contributed by atoms with Crippen LogP contribution in [0.4, 0.5) is 0 Å². The van der Waals surface area contributed by atoms with Crippen LogP contribution >= 0.6 is 0 Å². The first-order valence-electron chi connectivity index (χ1n) is 7.67. The second-order valence-corrected chi connectivity index (χ2v) is 5.25. The number of hydrogen-bond donors (Lipinski definition) is 2. The van der Waals surface area contributed by atoms with Crippen LogP contribution in [-0.2, 0) is 9.59 Å². The van der Waals surface area contributed by atoms with E-state index < -0.39 is 12.0 Å². The van der Waals surface area contributed by atoms with Crippen molar-refractivity contribution < 1.29 is 24.2 Å². The van der Waals surface area contributed by atoms with Crippen molar-refractivity contribution in [3.8, 4) is 5.75 Å². The lowest BCUT2D eigenvalue weighted by molar-refractivity contribution is -0.142. The Morgan fingerprint density at radius 2 is 1.83 bits per heavy atom. The fourth-order valence-electron chi connectivity index (χ4n) is 2.14. The summed E-state index contributed by atoms with van der Waals surface area (Å²) < 4.78 is 5.03. The zero-order valence-corrected chi connectivity index (χ0v) is 13.5. The number of hydrogen-bond acceptors (Lipinski definition) is 4. The van der Waals surface area contributed by atoms with Gasteiger partial charge in [-0.25, -0.2) is 4.79 Å². The number of amides is 1. The van der Waals surface area contributed by atoms with Crippen molar-refractivity contribution in [2.24, 2.45) is 0 Å². The number of Topliss-reactive ketones (excluding diaryl/α,β-unsaturated/α-hetero) is 1. The molecule has 126 valence electrons. The predicted molar refractivity (Wildman–Crippen MR) is 85.7 cm³/mol. The number of ketones is 1. The van der Waals surface area contributed by atoms with Gasteiger partial charge in [-0.05, 0) is 37.1 Å². The molecular formula is C17H23NO5. The minimum atomic E-state index is -1.03. The maximum atomic E-state index is 12.0. The number of carboxylic acids is 1. The van der Waals surface area contributed by atoms with E-state index in [1.54, 1.807) is 31.4 Å². The summed E-state index contributed by atoms with van der Waals surface area (Å²) in [5.41, 5.74) is 0.570. The number of aliphatic carboxylic acids is 1. The van der Waals surface area contributed by atoms with Crippen LogP contribution in [0, 0.1) is 0 Å². The Hall–Kier alpha value is -2.37. The molecule has 1 rings (SSSR count). The molecule has 23 heavy (non-hydrogen) atoms. The van der Waals surface area contributed by atoms with Gasteiger partial charge >= 0.3 is 5.97 Å². The fourth-order valence-corrected chi connectivity index (χ4v) is 2.14. The topological polar surface area (TPSA) is 92.7 Å². The fraction of sp³-hybridized carbons (Fsp3) is 0.471. The van der Waals surface area contributed by atoms with E-state index in [-0.39, 0.29) is 24.5 Å². The molecule has 0 fully saturated rings. The van der Waals surface area contributed by atoms with Crippen LogP contribution in [-0.4, -0.2) is 35.9 Å². The van der Waals surface area contributed by atoms with Crippen molar-refractivity contribution in [1.82, 2.24) is 5.32 Å². The Bertz CT molecular complexity index is 538. The summed E-state index contributed by atoms with van der Waals surface area (Å²) in [6.07, 6.45) is 1.83. The third-order valence-corrected chi connectivity index (χ3v) is 3.43. The number of benzene rings is 1. The minimum Gasteiger partial charge on any atom is -0.497 e. The molecule has 0 saturated carbocycles. The van der Waals surface area contributed by atoms with Crippen LogP contribution in [0.5, 0.6) is 5.75 Å². The lowest BCUT2D eigenvalue weighted by Crippen LogP contribution is -2.40. The van der Waals surface area contributed by atoms with Gasteiger partial charge in [-0.3, -0.25) is 9.59 Å². The summed E-state index contributed by atoms with van der Waals surface area (Å²) in [7, 11) is 1.55. The van der Waals surface area contributed by atoms with Gasteiger partial charge in [-0.2, -0.15) is 0 Å². The summed E-state index contributed by atoms with van der Waals surface area (Å²) in [6, 6.07) is 5.93. The number of carboxylic acid groups (broad SMARTS) is 1. The highest BCUT2D eigenvalue weighted by Gasteiger charge is 2.18. The molecule has 1 aromatic carbocycles. The second kappa shape index (κ2) is 9.61. The maximum absolute atomic E-state index is 12.0. The Balaban J connectivity index is 2.38. The third kappa shape index (κ3) is 6.50. The molecule has 0 aromatic heterocycles.